The molecule has 0 aromatic heterocycles. The van der Waals surface area contributed by atoms with Crippen LogP contribution in [-0.2, 0) is 4.74 Å². The topological polar surface area (TPSA) is 118 Å². The summed E-state index contributed by atoms with van der Waals surface area (Å²) < 4.78 is 36.8. The molecule has 174 valence electrons. The average molecular weight is 447 g/mol. The Balaban J connectivity index is 1.72. The average Bonchev–Trinajstić information content (AvgIpc) is 2.79. The number of benzene rings is 2. The number of nitrogen functional groups attached to an aromatic ring is 2. The van der Waals surface area contributed by atoms with E-state index in [-0.39, 0.29) is 12.3 Å². The van der Waals surface area contributed by atoms with Gasteiger partial charge in [-0.15, -0.1) is 0 Å². The molecule has 3 rings (SSSR count). The van der Waals surface area contributed by atoms with E-state index in [1.807, 2.05) is 0 Å². The first-order chi connectivity index (χ1) is 15.5. The first-order valence-electron chi connectivity index (χ1n) is 10.6. The Labute approximate surface area is 187 Å². The molecule has 0 saturated carbocycles. The van der Waals surface area contributed by atoms with Gasteiger partial charge in [0.25, 0.3) is 0 Å². The third-order valence-corrected chi connectivity index (χ3v) is 5.06. The molecule has 8 nitrogen and oxygen atoms in total. The maximum atomic E-state index is 14.2. The zero-order valence-electron chi connectivity index (χ0n) is 18.3. The number of hydrogen-bond acceptors (Lipinski definition) is 8. The highest BCUT2D eigenvalue weighted by Gasteiger charge is 2.17. The lowest BCUT2D eigenvalue weighted by Gasteiger charge is -2.26. The van der Waals surface area contributed by atoms with Crippen molar-refractivity contribution in [3.63, 3.8) is 0 Å². The van der Waals surface area contributed by atoms with Gasteiger partial charge in [-0.3, -0.25) is 4.90 Å². The van der Waals surface area contributed by atoms with Crippen LogP contribution in [-0.4, -0.2) is 58.0 Å². The maximum absolute atomic E-state index is 14.2. The summed E-state index contributed by atoms with van der Waals surface area (Å²) in [6.07, 6.45) is 2.48. The summed E-state index contributed by atoms with van der Waals surface area (Å²) in [5.41, 5.74) is 18.8. The second kappa shape index (κ2) is 11.6. The highest BCUT2D eigenvalue weighted by atomic mass is 19.1. The van der Waals surface area contributed by atoms with Crippen molar-refractivity contribution in [1.82, 2.24) is 4.90 Å². The van der Waals surface area contributed by atoms with Gasteiger partial charge in [-0.05, 0) is 30.7 Å². The summed E-state index contributed by atoms with van der Waals surface area (Å²) in [5.74, 6) is 0.761. The van der Waals surface area contributed by atoms with E-state index in [9.17, 15) is 4.39 Å². The van der Waals surface area contributed by atoms with E-state index in [0.29, 0.717) is 40.8 Å². The highest BCUT2D eigenvalue weighted by Crippen LogP contribution is 2.36. The molecule has 0 bridgehead atoms. The molecule has 6 N–H and O–H groups in total. The van der Waals surface area contributed by atoms with Crippen LogP contribution in [0.3, 0.4) is 0 Å². The lowest BCUT2D eigenvalue weighted by molar-refractivity contribution is 0.0357. The molecular formula is C23H31FN4O4. The van der Waals surface area contributed by atoms with E-state index in [1.165, 1.54) is 12.1 Å². The number of nitrogens with zero attached hydrogens (tertiary/aromatic N) is 1. The molecule has 1 heterocycles. The Kier molecular flexibility index (Phi) is 8.55. The Bertz CT molecular complexity index is 932. The van der Waals surface area contributed by atoms with Crippen molar-refractivity contribution in [2.45, 2.75) is 6.42 Å². The molecule has 32 heavy (non-hydrogen) atoms. The van der Waals surface area contributed by atoms with E-state index in [4.69, 9.17) is 36.1 Å². The molecule has 0 unspecified atom stereocenters. The third kappa shape index (κ3) is 6.25. The van der Waals surface area contributed by atoms with Gasteiger partial charge in [-0.25, -0.2) is 4.39 Å². The second-order valence-corrected chi connectivity index (χ2v) is 7.34. The molecule has 0 amide bonds. The first-order valence-corrected chi connectivity index (χ1v) is 10.6. The quantitative estimate of drug-likeness (QED) is 0.289. The lowest BCUT2D eigenvalue weighted by atomic mass is 10.1. The first kappa shape index (κ1) is 23.6. The number of nitrogens with two attached hydrogens (primary N) is 3. The van der Waals surface area contributed by atoms with E-state index < -0.39 is 5.82 Å². The number of ether oxygens (including phenoxy) is 4. The van der Waals surface area contributed by atoms with Crippen molar-refractivity contribution < 1.29 is 23.3 Å². The third-order valence-electron chi connectivity index (χ3n) is 5.06. The Morgan fingerprint density at radius 3 is 2.59 bits per heavy atom. The Hall–Kier alpha value is -3.01. The Morgan fingerprint density at radius 1 is 1.12 bits per heavy atom. The van der Waals surface area contributed by atoms with Crippen LogP contribution in [0.25, 0.3) is 5.76 Å². The zero-order valence-corrected chi connectivity index (χ0v) is 18.3. The summed E-state index contributed by atoms with van der Waals surface area (Å²) in [5, 5.41) is 0. The van der Waals surface area contributed by atoms with Crippen molar-refractivity contribution in [3.8, 4) is 17.2 Å². The smallest absolute Gasteiger partial charge is 0.167 e. The van der Waals surface area contributed by atoms with Gasteiger partial charge in [0.2, 0.25) is 0 Å². The molecule has 2 aromatic rings. The fraction of sp³-hybridized carbons (Fsp3) is 0.391. The van der Waals surface area contributed by atoms with Crippen LogP contribution in [0.15, 0.2) is 36.4 Å². The largest absolute Gasteiger partial charge is 0.493 e. The van der Waals surface area contributed by atoms with Gasteiger partial charge in [0.15, 0.2) is 23.1 Å². The van der Waals surface area contributed by atoms with Crippen molar-refractivity contribution in [2.75, 3.05) is 64.6 Å². The van der Waals surface area contributed by atoms with Crippen LogP contribution in [0.1, 0.15) is 12.0 Å². The van der Waals surface area contributed by atoms with Crippen LogP contribution in [0.4, 0.5) is 15.8 Å². The molecule has 0 spiro atoms. The molecule has 2 aromatic carbocycles. The molecule has 9 heteroatoms. The SMILES string of the molecule is COc1cc(C(=CCN)Oc2ccc(N)cc2F)c(N)cc1OCCCN1CCOCC1. The highest BCUT2D eigenvalue weighted by molar-refractivity contribution is 5.76. The number of anilines is 2. The van der Waals surface area contributed by atoms with E-state index in [2.05, 4.69) is 4.90 Å². The van der Waals surface area contributed by atoms with Gasteiger partial charge in [0.1, 0.15) is 5.76 Å². The lowest BCUT2D eigenvalue weighted by Crippen LogP contribution is -2.37. The second-order valence-electron chi connectivity index (χ2n) is 7.34. The predicted molar refractivity (Wildman–Crippen MR) is 123 cm³/mol. The number of halogens is 1. The van der Waals surface area contributed by atoms with Gasteiger partial charge in [-0.1, -0.05) is 0 Å². The maximum Gasteiger partial charge on any atom is 0.167 e. The predicted octanol–water partition coefficient (Wildman–Crippen LogP) is 2.48. The van der Waals surface area contributed by atoms with Crippen LogP contribution < -0.4 is 31.4 Å². The molecule has 1 saturated heterocycles. The standard InChI is InChI=1S/C23H31FN4O4/c1-29-22-14-17(20(5-6-25)32-21-4-3-16(26)13-18(21)24)19(27)15-23(22)31-10-2-7-28-8-11-30-12-9-28/h3-5,13-15H,2,6-12,25-27H2,1H3. The van der Waals surface area contributed by atoms with Crippen LogP contribution >= 0.6 is 0 Å². The molecule has 0 atom stereocenters. The van der Waals surface area contributed by atoms with Gasteiger partial charge in [-0.2, -0.15) is 0 Å². The van der Waals surface area contributed by atoms with Gasteiger partial charge in [0, 0.05) is 55.2 Å². The van der Waals surface area contributed by atoms with Gasteiger partial charge >= 0.3 is 0 Å². The molecule has 1 aliphatic rings. The van der Waals surface area contributed by atoms with E-state index in [1.54, 1.807) is 31.4 Å². The summed E-state index contributed by atoms with van der Waals surface area (Å²) >= 11 is 0. The molecule has 0 radical (unpaired) electrons. The minimum absolute atomic E-state index is 0.0145. The number of morpholine rings is 1. The van der Waals surface area contributed by atoms with E-state index in [0.717, 1.165) is 39.3 Å². The minimum atomic E-state index is -0.585. The number of methoxy groups -OCH3 is 1. The van der Waals surface area contributed by atoms with Crippen LogP contribution in [0, 0.1) is 5.82 Å². The summed E-state index contributed by atoms with van der Waals surface area (Å²) in [6, 6.07) is 7.57. The van der Waals surface area contributed by atoms with Crippen molar-refractivity contribution in [2.24, 2.45) is 5.73 Å². The summed E-state index contributed by atoms with van der Waals surface area (Å²) in [4.78, 5) is 2.35. The molecule has 0 aliphatic carbocycles. The monoisotopic (exact) mass is 446 g/mol. The van der Waals surface area contributed by atoms with Crippen molar-refractivity contribution >= 4 is 17.1 Å². The number of rotatable bonds is 10. The normalized spacial score (nSPS) is 14.9. The Morgan fingerprint density at radius 2 is 1.91 bits per heavy atom. The molecule has 1 aliphatic heterocycles. The minimum Gasteiger partial charge on any atom is -0.493 e. The fourth-order valence-corrected chi connectivity index (χ4v) is 3.39. The molecular weight excluding hydrogens is 415 g/mol. The van der Waals surface area contributed by atoms with E-state index >= 15 is 0 Å². The van der Waals surface area contributed by atoms with Crippen LogP contribution in [0.5, 0.6) is 17.2 Å². The van der Waals surface area contributed by atoms with Crippen molar-refractivity contribution in [1.29, 1.82) is 0 Å². The van der Waals surface area contributed by atoms with Crippen molar-refractivity contribution in [3.05, 3.63) is 47.8 Å². The molecule has 1 fully saturated rings. The van der Waals surface area contributed by atoms with Crippen LogP contribution in [0.2, 0.25) is 0 Å². The summed E-state index contributed by atoms with van der Waals surface area (Å²) in [6.45, 7) is 5.05. The fourth-order valence-electron chi connectivity index (χ4n) is 3.39. The number of hydrogen-bond donors (Lipinski definition) is 3. The summed E-state index contributed by atoms with van der Waals surface area (Å²) in [7, 11) is 1.54. The zero-order chi connectivity index (χ0) is 22.9. The van der Waals surface area contributed by atoms with Gasteiger partial charge in [0.05, 0.1) is 26.9 Å². The van der Waals surface area contributed by atoms with Gasteiger partial charge < -0.3 is 36.1 Å².